The maximum atomic E-state index is 12.7. The van der Waals surface area contributed by atoms with Crippen LogP contribution >= 0.6 is 0 Å². The van der Waals surface area contributed by atoms with E-state index in [0.29, 0.717) is 25.3 Å². The highest BCUT2D eigenvalue weighted by atomic mass is 16.6. The minimum atomic E-state index is -0.905. The first-order valence-corrected chi connectivity index (χ1v) is 12.4. The molecule has 1 aromatic rings. The lowest BCUT2D eigenvalue weighted by molar-refractivity contribution is -0.870. The molecule has 1 aromatic carbocycles. The minimum absolute atomic E-state index is 0.0214. The standard InChI is InChI=1S/C27H45N3O6/c1-26(2,3)35-24(32)22(29-25(33)36-27(4,5)6)19-20-12-14-21(15-13-20)34-18-16-28-23(31)11-10-17-30(7,8)9/h12-15,22H,10-11,16-19H2,1-9H3,(H-,28,29,31,33)/p+1/t22-/m0/s1. The van der Waals surface area contributed by atoms with Crippen molar-refractivity contribution in [2.45, 2.75) is 78.0 Å². The lowest BCUT2D eigenvalue weighted by atomic mass is 10.1. The third-order valence-corrected chi connectivity index (χ3v) is 4.67. The van der Waals surface area contributed by atoms with Gasteiger partial charge in [-0.2, -0.15) is 0 Å². The summed E-state index contributed by atoms with van der Waals surface area (Å²) in [7, 11) is 6.31. The van der Waals surface area contributed by atoms with Crippen molar-refractivity contribution < 1.29 is 33.1 Å². The number of carbonyl (C=O) groups excluding carboxylic acids is 3. The second kappa shape index (κ2) is 13.5. The highest BCUT2D eigenvalue weighted by molar-refractivity contribution is 5.82. The quantitative estimate of drug-likeness (QED) is 0.255. The summed E-state index contributed by atoms with van der Waals surface area (Å²) in [6.07, 6.45) is 0.890. The average Bonchev–Trinajstić information content (AvgIpc) is 2.68. The van der Waals surface area contributed by atoms with Crippen LogP contribution in [0.2, 0.25) is 0 Å². The Labute approximate surface area is 216 Å². The van der Waals surface area contributed by atoms with Gasteiger partial charge in [-0.3, -0.25) is 4.79 Å². The lowest BCUT2D eigenvalue weighted by Gasteiger charge is -2.26. The summed E-state index contributed by atoms with van der Waals surface area (Å²) in [5, 5.41) is 5.49. The first-order chi connectivity index (χ1) is 16.4. The molecule has 0 saturated heterocycles. The van der Waals surface area contributed by atoms with Crippen LogP contribution < -0.4 is 15.4 Å². The molecule has 2 amide bonds. The van der Waals surface area contributed by atoms with Gasteiger partial charge < -0.3 is 29.3 Å². The number of carbonyl (C=O) groups is 3. The summed E-state index contributed by atoms with van der Waals surface area (Å²) in [5.74, 6) is 0.130. The molecule has 0 spiro atoms. The summed E-state index contributed by atoms with van der Waals surface area (Å²) in [5.41, 5.74) is -0.559. The number of esters is 1. The Morgan fingerprint density at radius 3 is 2.03 bits per heavy atom. The van der Waals surface area contributed by atoms with Gasteiger partial charge in [-0.05, 0) is 59.2 Å². The van der Waals surface area contributed by atoms with Crippen LogP contribution in [0.1, 0.15) is 59.9 Å². The summed E-state index contributed by atoms with van der Waals surface area (Å²) in [4.78, 5) is 36.9. The first kappa shape index (κ1) is 31.2. The van der Waals surface area contributed by atoms with E-state index >= 15 is 0 Å². The van der Waals surface area contributed by atoms with E-state index in [1.807, 2.05) is 12.1 Å². The van der Waals surface area contributed by atoms with Crippen LogP contribution in [0, 0.1) is 0 Å². The van der Waals surface area contributed by atoms with Gasteiger partial charge in [0.15, 0.2) is 0 Å². The summed E-state index contributed by atoms with van der Waals surface area (Å²) in [6, 6.07) is 6.33. The zero-order valence-electron chi connectivity index (χ0n) is 23.5. The molecule has 0 fully saturated rings. The van der Waals surface area contributed by atoms with Crippen LogP contribution in [-0.2, 0) is 25.5 Å². The molecule has 0 saturated carbocycles. The number of alkyl carbamates (subject to hydrolysis) is 1. The number of hydrogen-bond acceptors (Lipinski definition) is 6. The van der Waals surface area contributed by atoms with Crippen molar-refractivity contribution in [3.63, 3.8) is 0 Å². The van der Waals surface area contributed by atoms with E-state index in [4.69, 9.17) is 14.2 Å². The molecule has 1 rings (SSSR count). The molecule has 2 N–H and O–H groups in total. The predicted octanol–water partition coefficient (Wildman–Crippen LogP) is 3.45. The Kier molecular flexibility index (Phi) is 11.7. The van der Waals surface area contributed by atoms with Crippen LogP contribution in [-0.4, -0.2) is 80.5 Å². The van der Waals surface area contributed by atoms with Crippen molar-refractivity contribution >= 4 is 18.0 Å². The first-order valence-electron chi connectivity index (χ1n) is 12.4. The molecular formula is C27H46N3O6+. The maximum Gasteiger partial charge on any atom is 0.408 e. The number of nitrogens with zero attached hydrogens (tertiary/aromatic N) is 1. The second-order valence-electron chi connectivity index (χ2n) is 11.9. The van der Waals surface area contributed by atoms with Gasteiger partial charge in [0, 0.05) is 19.3 Å². The lowest BCUT2D eigenvalue weighted by Crippen LogP contribution is -2.47. The van der Waals surface area contributed by atoms with Gasteiger partial charge in [-0.1, -0.05) is 12.1 Å². The van der Waals surface area contributed by atoms with Crippen LogP contribution in [0.4, 0.5) is 4.79 Å². The largest absolute Gasteiger partial charge is 0.492 e. The fourth-order valence-electron chi connectivity index (χ4n) is 3.14. The van der Waals surface area contributed by atoms with Gasteiger partial charge in [0.25, 0.3) is 0 Å². The van der Waals surface area contributed by atoms with Crippen molar-refractivity contribution in [2.24, 2.45) is 0 Å². The third-order valence-electron chi connectivity index (χ3n) is 4.67. The molecule has 0 heterocycles. The number of nitrogens with one attached hydrogen (secondary N) is 2. The van der Waals surface area contributed by atoms with Gasteiger partial charge in [-0.15, -0.1) is 0 Å². The number of amides is 2. The van der Waals surface area contributed by atoms with Crippen LogP contribution in [0.25, 0.3) is 0 Å². The zero-order valence-corrected chi connectivity index (χ0v) is 23.5. The average molecular weight is 509 g/mol. The molecule has 204 valence electrons. The fraction of sp³-hybridized carbons (Fsp3) is 0.667. The topological polar surface area (TPSA) is 103 Å². The number of hydrogen-bond donors (Lipinski definition) is 2. The van der Waals surface area contributed by atoms with Gasteiger partial charge in [-0.25, -0.2) is 9.59 Å². The smallest absolute Gasteiger partial charge is 0.408 e. The van der Waals surface area contributed by atoms with Crippen molar-refractivity contribution in [1.82, 2.24) is 10.6 Å². The number of ether oxygens (including phenoxy) is 3. The van der Waals surface area contributed by atoms with E-state index in [9.17, 15) is 14.4 Å². The molecule has 0 bridgehead atoms. The van der Waals surface area contributed by atoms with E-state index in [-0.39, 0.29) is 12.3 Å². The maximum absolute atomic E-state index is 12.7. The molecule has 9 heteroatoms. The van der Waals surface area contributed by atoms with Gasteiger partial charge in [0.2, 0.25) is 5.91 Å². The summed E-state index contributed by atoms with van der Waals surface area (Å²) < 4.78 is 17.3. The second-order valence-corrected chi connectivity index (χ2v) is 11.9. The van der Waals surface area contributed by atoms with Gasteiger partial charge in [0.1, 0.15) is 29.6 Å². The fourth-order valence-corrected chi connectivity index (χ4v) is 3.14. The van der Waals surface area contributed by atoms with Crippen molar-refractivity contribution in [3.05, 3.63) is 29.8 Å². The number of benzene rings is 1. The number of quaternary nitrogens is 1. The number of rotatable bonds is 12. The molecule has 0 aliphatic rings. The molecule has 9 nitrogen and oxygen atoms in total. The Morgan fingerprint density at radius 1 is 0.917 bits per heavy atom. The highest BCUT2D eigenvalue weighted by Crippen LogP contribution is 2.16. The predicted molar refractivity (Wildman–Crippen MR) is 140 cm³/mol. The molecule has 0 unspecified atom stereocenters. The Hall–Kier alpha value is -2.81. The molecule has 36 heavy (non-hydrogen) atoms. The minimum Gasteiger partial charge on any atom is -0.492 e. The Morgan fingerprint density at radius 2 is 1.50 bits per heavy atom. The van der Waals surface area contributed by atoms with E-state index in [2.05, 4.69) is 31.8 Å². The normalized spacial score (nSPS) is 12.9. The Bertz CT molecular complexity index is 848. The summed E-state index contributed by atoms with van der Waals surface area (Å²) in [6.45, 7) is 12.3. The van der Waals surface area contributed by atoms with Crippen molar-refractivity contribution in [3.8, 4) is 5.75 Å². The monoisotopic (exact) mass is 508 g/mol. The highest BCUT2D eigenvalue weighted by Gasteiger charge is 2.29. The van der Waals surface area contributed by atoms with Gasteiger partial charge >= 0.3 is 12.1 Å². The Balaban J connectivity index is 2.60. The van der Waals surface area contributed by atoms with Crippen molar-refractivity contribution in [1.29, 1.82) is 0 Å². The molecule has 0 aromatic heterocycles. The molecule has 0 radical (unpaired) electrons. The van der Waals surface area contributed by atoms with Gasteiger partial charge in [0.05, 0.1) is 34.2 Å². The summed E-state index contributed by atoms with van der Waals surface area (Å²) >= 11 is 0. The molecule has 1 atom stereocenters. The van der Waals surface area contributed by atoms with Crippen LogP contribution in [0.5, 0.6) is 5.75 Å². The van der Waals surface area contributed by atoms with Crippen molar-refractivity contribution in [2.75, 3.05) is 40.8 Å². The molecule has 0 aliphatic heterocycles. The van der Waals surface area contributed by atoms with Crippen LogP contribution in [0.15, 0.2) is 24.3 Å². The van der Waals surface area contributed by atoms with E-state index in [1.54, 1.807) is 53.7 Å². The van der Waals surface area contributed by atoms with Crippen LogP contribution in [0.3, 0.4) is 0 Å². The van der Waals surface area contributed by atoms with E-state index in [1.165, 1.54) is 0 Å². The third kappa shape index (κ3) is 15.2. The van der Waals surface area contributed by atoms with E-state index < -0.39 is 29.3 Å². The van der Waals surface area contributed by atoms with E-state index in [0.717, 1.165) is 23.0 Å². The molecule has 0 aliphatic carbocycles. The SMILES string of the molecule is CC(C)(C)OC(=O)N[C@@H](Cc1ccc(OCCNC(=O)CCC[N+](C)(C)C)cc1)C(=O)OC(C)(C)C. The molecular weight excluding hydrogens is 462 g/mol. The zero-order chi connectivity index (χ0) is 27.6.